The molecule has 0 aliphatic heterocycles. The van der Waals surface area contributed by atoms with Crippen LogP contribution in [0.2, 0.25) is 0 Å². The van der Waals surface area contributed by atoms with E-state index in [1.165, 1.54) is 35.4 Å². The molecule has 106 valence electrons. The summed E-state index contributed by atoms with van der Waals surface area (Å²) in [5.41, 5.74) is 1.89. The van der Waals surface area contributed by atoms with Crippen molar-refractivity contribution in [3.63, 3.8) is 0 Å². The van der Waals surface area contributed by atoms with Gasteiger partial charge in [-0.05, 0) is 37.1 Å². The average Bonchev–Trinajstić information content (AvgIpc) is 2.87. The van der Waals surface area contributed by atoms with Crippen LogP contribution in [0.1, 0.15) is 11.1 Å². The van der Waals surface area contributed by atoms with Crippen LogP contribution >= 0.6 is 0 Å². The van der Waals surface area contributed by atoms with Crippen LogP contribution in [0.15, 0.2) is 35.7 Å². The molecule has 1 aromatic carbocycles. The lowest BCUT2D eigenvalue weighted by atomic mass is 10.1. The van der Waals surface area contributed by atoms with E-state index in [1.54, 1.807) is 13.8 Å². The van der Waals surface area contributed by atoms with Crippen LogP contribution < -0.4 is 10.5 Å². The summed E-state index contributed by atoms with van der Waals surface area (Å²) in [5.74, 6) is 0. The fourth-order valence-electron chi connectivity index (χ4n) is 1.68. The van der Waals surface area contributed by atoms with E-state index in [-0.39, 0.29) is 4.90 Å². The van der Waals surface area contributed by atoms with Crippen molar-refractivity contribution in [2.45, 2.75) is 18.7 Å². The summed E-state index contributed by atoms with van der Waals surface area (Å²) in [6.07, 6.45) is 4.31. The number of aryl methyl sites for hydroxylation is 1. The number of carbonyl (C=O) groups excluding carboxylic acids is 1. The van der Waals surface area contributed by atoms with Gasteiger partial charge in [-0.2, -0.15) is 0 Å². The third-order valence-corrected chi connectivity index (χ3v) is 3.84. The highest BCUT2D eigenvalue weighted by Crippen LogP contribution is 2.23. The summed E-state index contributed by atoms with van der Waals surface area (Å²) in [6.45, 7) is 3.53. The highest BCUT2D eigenvalue weighted by atomic mass is 32.2. The molecule has 8 heteroatoms. The van der Waals surface area contributed by atoms with Crippen molar-refractivity contribution in [2.75, 3.05) is 5.32 Å². The van der Waals surface area contributed by atoms with Gasteiger partial charge in [0, 0.05) is 18.1 Å². The Morgan fingerprint density at radius 1 is 1.35 bits per heavy atom. The zero-order valence-electron chi connectivity index (χ0n) is 11.0. The number of benzene rings is 1. The Hall–Kier alpha value is -2.19. The standard InChI is InChI=1S/C12H14N4O3S/c1-8-5-10(20(13,18)19)6-11(9(8)2)15-12(17)16-4-3-14-7-16/h3-7H,1-2H3,(H,15,17)(H2,13,18,19). The fourth-order valence-corrected chi connectivity index (χ4v) is 2.30. The van der Waals surface area contributed by atoms with Gasteiger partial charge in [0.2, 0.25) is 10.0 Å². The van der Waals surface area contributed by atoms with Crippen LogP contribution in [0.4, 0.5) is 10.5 Å². The molecular weight excluding hydrogens is 280 g/mol. The van der Waals surface area contributed by atoms with Crippen LogP contribution in [-0.2, 0) is 10.0 Å². The molecule has 2 rings (SSSR count). The second-order valence-electron chi connectivity index (χ2n) is 4.36. The highest BCUT2D eigenvalue weighted by Gasteiger charge is 2.14. The topological polar surface area (TPSA) is 107 Å². The molecule has 0 bridgehead atoms. The van der Waals surface area contributed by atoms with Gasteiger partial charge in [-0.15, -0.1) is 0 Å². The Labute approximate surface area is 116 Å². The predicted octanol–water partition coefficient (Wildman–Crippen LogP) is 1.23. The Morgan fingerprint density at radius 3 is 2.60 bits per heavy atom. The molecule has 0 aliphatic carbocycles. The number of imidazole rings is 1. The van der Waals surface area contributed by atoms with Crippen LogP contribution in [0.25, 0.3) is 0 Å². The number of anilines is 1. The molecule has 2 aromatic rings. The second-order valence-corrected chi connectivity index (χ2v) is 5.92. The first kappa shape index (κ1) is 14.2. The van der Waals surface area contributed by atoms with E-state index in [2.05, 4.69) is 10.3 Å². The van der Waals surface area contributed by atoms with E-state index in [4.69, 9.17) is 5.14 Å². The second kappa shape index (κ2) is 5.06. The molecule has 0 radical (unpaired) electrons. The van der Waals surface area contributed by atoms with E-state index >= 15 is 0 Å². The quantitative estimate of drug-likeness (QED) is 0.868. The molecule has 7 nitrogen and oxygen atoms in total. The van der Waals surface area contributed by atoms with Gasteiger partial charge in [0.05, 0.1) is 4.90 Å². The molecular formula is C12H14N4O3S. The van der Waals surface area contributed by atoms with Gasteiger partial charge >= 0.3 is 6.03 Å². The molecule has 0 aliphatic rings. The Morgan fingerprint density at radius 2 is 2.05 bits per heavy atom. The molecule has 0 spiro atoms. The number of amides is 1. The van der Waals surface area contributed by atoms with Crippen molar-refractivity contribution in [1.29, 1.82) is 0 Å². The molecule has 1 aromatic heterocycles. The molecule has 0 saturated carbocycles. The van der Waals surface area contributed by atoms with Gasteiger partial charge in [0.25, 0.3) is 0 Å². The number of nitrogens with zero attached hydrogens (tertiary/aromatic N) is 2. The number of hydrogen-bond donors (Lipinski definition) is 2. The number of carbonyl (C=O) groups is 1. The maximum Gasteiger partial charge on any atom is 0.331 e. The average molecular weight is 294 g/mol. The maximum atomic E-state index is 11.9. The van der Waals surface area contributed by atoms with Gasteiger partial charge in [-0.1, -0.05) is 0 Å². The first-order chi connectivity index (χ1) is 9.29. The molecule has 0 saturated heterocycles. The SMILES string of the molecule is Cc1cc(S(N)(=O)=O)cc(NC(=O)n2ccnc2)c1C. The lowest BCUT2D eigenvalue weighted by Gasteiger charge is -2.12. The van der Waals surface area contributed by atoms with Gasteiger partial charge in [0.15, 0.2) is 0 Å². The first-order valence-electron chi connectivity index (χ1n) is 5.72. The summed E-state index contributed by atoms with van der Waals surface area (Å²) in [4.78, 5) is 15.7. The van der Waals surface area contributed by atoms with E-state index < -0.39 is 16.1 Å². The number of rotatable bonds is 2. The highest BCUT2D eigenvalue weighted by molar-refractivity contribution is 7.89. The zero-order valence-corrected chi connectivity index (χ0v) is 11.8. The van der Waals surface area contributed by atoms with Gasteiger partial charge in [-0.3, -0.25) is 4.57 Å². The third-order valence-electron chi connectivity index (χ3n) is 2.95. The van der Waals surface area contributed by atoms with E-state index in [1.807, 2.05) is 0 Å². The number of hydrogen-bond acceptors (Lipinski definition) is 4. The fraction of sp³-hybridized carbons (Fsp3) is 0.167. The van der Waals surface area contributed by atoms with Gasteiger partial charge < -0.3 is 5.32 Å². The molecule has 0 atom stereocenters. The molecule has 1 heterocycles. The minimum absolute atomic E-state index is 0.0402. The summed E-state index contributed by atoms with van der Waals surface area (Å²) in [7, 11) is -3.82. The Kier molecular flexibility index (Phi) is 3.60. The Bertz CT molecular complexity index is 751. The minimum Gasteiger partial charge on any atom is -0.307 e. The summed E-state index contributed by atoms with van der Waals surface area (Å²) < 4.78 is 24.1. The summed E-state index contributed by atoms with van der Waals surface area (Å²) in [6, 6.07) is 2.38. The van der Waals surface area contributed by atoms with Gasteiger partial charge in [0.1, 0.15) is 6.33 Å². The molecule has 0 unspecified atom stereocenters. The number of sulfonamides is 1. The lowest BCUT2D eigenvalue weighted by Crippen LogP contribution is -2.19. The van der Waals surface area contributed by atoms with Crippen molar-refractivity contribution < 1.29 is 13.2 Å². The monoisotopic (exact) mass is 294 g/mol. The summed E-state index contributed by atoms with van der Waals surface area (Å²) in [5, 5.41) is 7.74. The van der Waals surface area contributed by atoms with Gasteiger partial charge in [-0.25, -0.2) is 23.3 Å². The van der Waals surface area contributed by atoms with Crippen LogP contribution in [0.5, 0.6) is 0 Å². The lowest BCUT2D eigenvalue weighted by molar-refractivity contribution is 0.253. The minimum atomic E-state index is -3.82. The first-order valence-corrected chi connectivity index (χ1v) is 7.27. The number of primary sulfonamides is 1. The van der Waals surface area contributed by atoms with Crippen molar-refractivity contribution >= 4 is 21.7 Å². The predicted molar refractivity (Wildman–Crippen MR) is 73.9 cm³/mol. The number of nitrogens with two attached hydrogens (primary N) is 1. The normalized spacial score (nSPS) is 11.3. The molecule has 20 heavy (non-hydrogen) atoms. The Balaban J connectivity index is 2.41. The molecule has 3 N–H and O–H groups in total. The van der Waals surface area contributed by atoms with Crippen molar-refractivity contribution in [3.8, 4) is 0 Å². The largest absolute Gasteiger partial charge is 0.331 e. The van der Waals surface area contributed by atoms with E-state index in [0.29, 0.717) is 5.69 Å². The van der Waals surface area contributed by atoms with Crippen molar-refractivity contribution in [3.05, 3.63) is 42.0 Å². The van der Waals surface area contributed by atoms with E-state index in [0.717, 1.165) is 11.1 Å². The van der Waals surface area contributed by atoms with Crippen molar-refractivity contribution in [2.24, 2.45) is 5.14 Å². The third kappa shape index (κ3) is 2.86. The van der Waals surface area contributed by atoms with Crippen molar-refractivity contribution in [1.82, 2.24) is 9.55 Å². The van der Waals surface area contributed by atoms with Crippen LogP contribution in [0.3, 0.4) is 0 Å². The number of nitrogens with one attached hydrogen (secondary N) is 1. The van der Waals surface area contributed by atoms with E-state index in [9.17, 15) is 13.2 Å². The number of aromatic nitrogens is 2. The molecule has 0 fully saturated rings. The summed E-state index contributed by atoms with van der Waals surface area (Å²) >= 11 is 0. The van der Waals surface area contributed by atoms with Crippen LogP contribution in [0, 0.1) is 13.8 Å². The maximum absolute atomic E-state index is 11.9. The van der Waals surface area contributed by atoms with Crippen LogP contribution in [-0.4, -0.2) is 24.0 Å². The molecule has 1 amide bonds. The zero-order chi connectivity index (χ0) is 14.9. The smallest absolute Gasteiger partial charge is 0.307 e.